The zero-order valence-electron chi connectivity index (χ0n) is 21.4. The van der Waals surface area contributed by atoms with E-state index in [9.17, 15) is 18.0 Å². The molecule has 0 spiro atoms. The fourth-order valence-electron chi connectivity index (χ4n) is 4.05. The van der Waals surface area contributed by atoms with Crippen molar-refractivity contribution in [2.45, 2.75) is 129 Å². The average Bonchev–Trinajstić information content (AvgIpc) is 2.78. The summed E-state index contributed by atoms with van der Waals surface area (Å²) in [5.74, 6) is -1.29. The van der Waals surface area contributed by atoms with Crippen molar-refractivity contribution in [2.24, 2.45) is 5.92 Å². The fourth-order valence-corrected chi connectivity index (χ4v) is 4.05. The van der Waals surface area contributed by atoms with E-state index in [2.05, 4.69) is 31.3 Å². The third kappa shape index (κ3) is 22.5. The average molecular weight is 477 g/mol. The Morgan fingerprint density at radius 3 is 1.85 bits per heavy atom. The highest BCUT2D eigenvalue weighted by Gasteiger charge is 2.38. The molecule has 0 aliphatic heterocycles. The van der Waals surface area contributed by atoms with Crippen LogP contribution < -0.4 is 10.6 Å². The maximum Gasteiger partial charge on any atom is 0.471 e. The van der Waals surface area contributed by atoms with Gasteiger partial charge in [-0.3, -0.25) is 4.79 Å². The normalized spacial score (nSPS) is 13.0. The molecule has 0 bridgehead atoms. The first-order valence-corrected chi connectivity index (χ1v) is 13.6. The number of rotatable bonds is 23. The van der Waals surface area contributed by atoms with E-state index < -0.39 is 12.1 Å². The third-order valence-corrected chi connectivity index (χ3v) is 6.13. The van der Waals surface area contributed by atoms with Gasteiger partial charge in [0.1, 0.15) is 0 Å². The second kappa shape index (κ2) is 22.7. The summed E-state index contributed by atoms with van der Waals surface area (Å²) in [5.41, 5.74) is 0. The van der Waals surface area contributed by atoms with Crippen molar-refractivity contribution in [3.05, 3.63) is 12.2 Å². The van der Waals surface area contributed by atoms with Gasteiger partial charge in [-0.1, -0.05) is 77.4 Å². The summed E-state index contributed by atoms with van der Waals surface area (Å²) >= 11 is 0. The Bertz CT molecular complexity index is 467. The van der Waals surface area contributed by atoms with Gasteiger partial charge in [0.25, 0.3) is 0 Å². The van der Waals surface area contributed by atoms with E-state index in [1.807, 2.05) is 5.32 Å². The van der Waals surface area contributed by atoms with E-state index in [0.717, 1.165) is 51.6 Å². The lowest BCUT2D eigenvalue weighted by Crippen LogP contribution is -2.37. The van der Waals surface area contributed by atoms with Gasteiger partial charge in [0.05, 0.1) is 0 Å². The van der Waals surface area contributed by atoms with Gasteiger partial charge >= 0.3 is 12.1 Å². The highest BCUT2D eigenvalue weighted by Crippen LogP contribution is 2.20. The number of carbonyl (C=O) groups excluding carboxylic acids is 1. The minimum absolute atomic E-state index is 0.104. The number of unbranched alkanes of at least 4 members (excludes halogenated alkanes) is 9. The Kier molecular flexibility index (Phi) is 22.0. The second-order valence-electron chi connectivity index (χ2n) is 9.32. The third-order valence-electron chi connectivity index (χ3n) is 6.13. The second-order valence-corrected chi connectivity index (χ2v) is 9.32. The molecular weight excluding hydrogens is 425 g/mol. The van der Waals surface area contributed by atoms with Crippen LogP contribution >= 0.6 is 0 Å². The Balaban J connectivity index is 3.64. The van der Waals surface area contributed by atoms with Crippen LogP contribution in [0.5, 0.6) is 0 Å². The SMILES string of the molecule is CCCCCCCCC=CCCCCNCCCC(CCCC)CCCNC(=O)C(F)(F)F. The summed E-state index contributed by atoms with van der Waals surface area (Å²) in [4.78, 5) is 10.9. The zero-order chi connectivity index (χ0) is 24.6. The fraction of sp³-hybridized carbons (Fsp3) is 0.889. The molecule has 0 saturated carbocycles. The van der Waals surface area contributed by atoms with E-state index in [1.54, 1.807) is 0 Å². The van der Waals surface area contributed by atoms with Crippen LogP contribution in [-0.4, -0.2) is 31.7 Å². The van der Waals surface area contributed by atoms with Crippen LogP contribution in [0.3, 0.4) is 0 Å². The molecule has 0 aromatic rings. The predicted octanol–water partition coefficient (Wildman–Crippen LogP) is 8.10. The van der Waals surface area contributed by atoms with Crippen LogP contribution in [0.4, 0.5) is 13.2 Å². The maximum absolute atomic E-state index is 12.2. The van der Waals surface area contributed by atoms with Crippen molar-refractivity contribution in [1.82, 2.24) is 10.6 Å². The monoisotopic (exact) mass is 476 g/mol. The molecule has 2 N–H and O–H groups in total. The highest BCUT2D eigenvalue weighted by molar-refractivity contribution is 5.81. The molecule has 6 heteroatoms. The van der Waals surface area contributed by atoms with Gasteiger partial charge in [-0.2, -0.15) is 13.2 Å². The molecule has 196 valence electrons. The molecule has 1 unspecified atom stereocenters. The van der Waals surface area contributed by atoms with Crippen LogP contribution in [0.15, 0.2) is 12.2 Å². The molecule has 0 saturated heterocycles. The number of hydrogen-bond donors (Lipinski definition) is 2. The first-order valence-electron chi connectivity index (χ1n) is 13.6. The topological polar surface area (TPSA) is 41.1 Å². The van der Waals surface area contributed by atoms with Crippen LogP contribution in [0.25, 0.3) is 0 Å². The Labute approximate surface area is 201 Å². The first kappa shape index (κ1) is 32.0. The van der Waals surface area contributed by atoms with Crippen LogP contribution in [0, 0.1) is 5.92 Å². The minimum Gasteiger partial charge on any atom is -0.348 e. The lowest BCUT2D eigenvalue weighted by molar-refractivity contribution is -0.173. The summed E-state index contributed by atoms with van der Waals surface area (Å²) in [7, 11) is 0. The Morgan fingerprint density at radius 1 is 0.697 bits per heavy atom. The summed E-state index contributed by atoms with van der Waals surface area (Å²) in [6.07, 6.45) is 19.9. The van der Waals surface area contributed by atoms with Crippen LogP contribution in [-0.2, 0) is 4.79 Å². The molecule has 0 aromatic heterocycles. The highest BCUT2D eigenvalue weighted by atomic mass is 19.4. The van der Waals surface area contributed by atoms with E-state index in [1.165, 1.54) is 64.2 Å². The van der Waals surface area contributed by atoms with Crippen LogP contribution in [0.1, 0.15) is 123 Å². The summed E-state index contributed by atoms with van der Waals surface area (Å²) in [5, 5.41) is 5.50. The molecule has 1 amide bonds. The van der Waals surface area contributed by atoms with Gasteiger partial charge < -0.3 is 10.6 Å². The van der Waals surface area contributed by atoms with Crippen molar-refractivity contribution >= 4 is 5.91 Å². The molecule has 0 rings (SSSR count). The van der Waals surface area contributed by atoms with Crippen molar-refractivity contribution in [2.75, 3.05) is 19.6 Å². The Hall–Kier alpha value is -1.04. The van der Waals surface area contributed by atoms with Gasteiger partial charge in [0, 0.05) is 6.54 Å². The summed E-state index contributed by atoms with van der Waals surface area (Å²) < 4.78 is 36.7. The summed E-state index contributed by atoms with van der Waals surface area (Å²) in [6, 6.07) is 0. The number of hydrogen-bond acceptors (Lipinski definition) is 2. The predicted molar refractivity (Wildman–Crippen MR) is 134 cm³/mol. The van der Waals surface area contributed by atoms with Gasteiger partial charge in [0.2, 0.25) is 0 Å². The van der Waals surface area contributed by atoms with E-state index in [4.69, 9.17) is 0 Å². The number of amides is 1. The van der Waals surface area contributed by atoms with Crippen LogP contribution in [0.2, 0.25) is 0 Å². The number of allylic oxidation sites excluding steroid dienone is 2. The quantitative estimate of drug-likeness (QED) is 0.116. The number of halogens is 3. The molecule has 33 heavy (non-hydrogen) atoms. The largest absolute Gasteiger partial charge is 0.471 e. The molecule has 0 fully saturated rings. The Morgan fingerprint density at radius 2 is 1.21 bits per heavy atom. The zero-order valence-corrected chi connectivity index (χ0v) is 21.4. The van der Waals surface area contributed by atoms with Crippen molar-refractivity contribution in [3.63, 3.8) is 0 Å². The lowest BCUT2D eigenvalue weighted by atomic mass is 9.92. The number of carbonyl (C=O) groups is 1. The number of nitrogens with one attached hydrogen (secondary N) is 2. The van der Waals surface area contributed by atoms with Crippen molar-refractivity contribution in [1.29, 1.82) is 0 Å². The van der Waals surface area contributed by atoms with Gasteiger partial charge in [0.15, 0.2) is 0 Å². The van der Waals surface area contributed by atoms with E-state index >= 15 is 0 Å². The van der Waals surface area contributed by atoms with Gasteiger partial charge in [-0.15, -0.1) is 0 Å². The summed E-state index contributed by atoms with van der Waals surface area (Å²) in [6.45, 7) is 6.57. The maximum atomic E-state index is 12.2. The minimum atomic E-state index is -4.78. The molecular formula is C27H51F3N2O. The molecule has 0 aliphatic carbocycles. The lowest BCUT2D eigenvalue weighted by Gasteiger charge is -2.17. The smallest absolute Gasteiger partial charge is 0.348 e. The van der Waals surface area contributed by atoms with Gasteiger partial charge in [-0.25, -0.2) is 0 Å². The number of alkyl halides is 3. The first-order chi connectivity index (χ1) is 15.9. The van der Waals surface area contributed by atoms with Crippen molar-refractivity contribution in [3.8, 4) is 0 Å². The molecule has 0 aromatic carbocycles. The molecule has 3 nitrogen and oxygen atoms in total. The van der Waals surface area contributed by atoms with Crippen molar-refractivity contribution < 1.29 is 18.0 Å². The van der Waals surface area contributed by atoms with Gasteiger partial charge in [-0.05, 0) is 76.8 Å². The van der Waals surface area contributed by atoms with E-state index in [0.29, 0.717) is 12.3 Å². The van der Waals surface area contributed by atoms with E-state index in [-0.39, 0.29) is 6.54 Å². The molecule has 1 atom stereocenters. The molecule has 0 heterocycles. The molecule has 0 radical (unpaired) electrons. The standard InChI is InChI=1S/C27H51F3N2O/c1-3-5-7-8-9-10-11-12-13-14-15-16-22-31-23-17-20-25(19-6-4-2)21-18-24-32-26(33)27(28,29)30/h12-13,25,31H,3-11,14-24H2,1-2H3,(H,32,33). The molecule has 0 aliphatic rings.